The van der Waals surface area contributed by atoms with Gasteiger partial charge in [0.2, 0.25) is 0 Å². The van der Waals surface area contributed by atoms with Crippen LogP contribution in [0.2, 0.25) is 0 Å². The Morgan fingerprint density at radius 3 is 2.12 bits per heavy atom. The van der Waals surface area contributed by atoms with Crippen LogP contribution < -0.4 is 14.2 Å². The Hall–Kier alpha value is -4.69. The lowest BCUT2D eigenvalue weighted by Crippen LogP contribution is -2.37. The first-order valence-electron chi connectivity index (χ1n) is 13.8. The number of Topliss-reactive ketones (excluding diaryl/α,β-unsaturated/α-hetero) is 1. The van der Waals surface area contributed by atoms with Crippen LogP contribution in [-0.4, -0.2) is 42.4 Å². The lowest BCUT2D eigenvalue weighted by Gasteiger charge is -2.29. The Labute approximate surface area is 246 Å². The number of ether oxygens (including phenoxy) is 3. The van der Waals surface area contributed by atoms with Crippen molar-refractivity contribution in [3.8, 4) is 17.2 Å². The van der Waals surface area contributed by atoms with Crippen LogP contribution in [0.3, 0.4) is 0 Å². The van der Waals surface area contributed by atoms with E-state index in [0.717, 1.165) is 29.5 Å². The summed E-state index contributed by atoms with van der Waals surface area (Å²) in [7, 11) is 3.21. The van der Waals surface area contributed by atoms with Gasteiger partial charge in [0.15, 0.2) is 23.0 Å². The number of carbonyl (C=O) groups is 1. The van der Waals surface area contributed by atoms with Gasteiger partial charge in [0, 0.05) is 24.2 Å². The van der Waals surface area contributed by atoms with Crippen molar-refractivity contribution >= 4 is 11.5 Å². The number of hydrogen-bond donors (Lipinski definition) is 0. The van der Waals surface area contributed by atoms with E-state index in [1.807, 2.05) is 72.8 Å². The van der Waals surface area contributed by atoms with Crippen LogP contribution in [0.4, 0.5) is 5.69 Å². The standard InChI is InChI=1S/C34H36N2O6/c1-25(14-15-26-16-19-33(40-2)34(21-26)41-3)35(23-31(37)29-12-8-5-9-13-29)22-28-17-18-32(30(20-28)36(38)39)42-24-27-10-6-4-7-11-27/h4-13,16-21,25H,14-15,22-24H2,1-3H3. The summed E-state index contributed by atoms with van der Waals surface area (Å²) in [6.07, 6.45) is 1.52. The van der Waals surface area contributed by atoms with E-state index in [-0.39, 0.29) is 36.4 Å². The molecule has 8 heteroatoms. The topological polar surface area (TPSA) is 91.1 Å². The Morgan fingerprint density at radius 1 is 0.810 bits per heavy atom. The second-order valence-corrected chi connectivity index (χ2v) is 10.1. The Balaban J connectivity index is 1.52. The largest absolute Gasteiger partial charge is 0.493 e. The Kier molecular flexibility index (Phi) is 10.7. The summed E-state index contributed by atoms with van der Waals surface area (Å²) < 4.78 is 16.6. The van der Waals surface area contributed by atoms with Gasteiger partial charge in [0.05, 0.1) is 25.7 Å². The molecule has 1 unspecified atom stereocenters. The van der Waals surface area contributed by atoms with E-state index in [1.165, 1.54) is 0 Å². The summed E-state index contributed by atoms with van der Waals surface area (Å²) >= 11 is 0. The molecule has 4 aromatic rings. The molecular weight excluding hydrogens is 532 g/mol. The van der Waals surface area contributed by atoms with E-state index in [9.17, 15) is 14.9 Å². The molecule has 0 aromatic heterocycles. The molecule has 0 heterocycles. The fourth-order valence-corrected chi connectivity index (χ4v) is 4.76. The SMILES string of the molecule is COc1ccc(CCC(C)N(CC(=O)c2ccccc2)Cc2ccc(OCc3ccccc3)c([N+](=O)[O-])c2)cc1OC. The molecule has 0 radical (unpaired) electrons. The second kappa shape index (κ2) is 14.8. The maximum atomic E-state index is 13.2. The molecule has 0 amide bonds. The van der Waals surface area contributed by atoms with Crippen molar-refractivity contribution in [3.05, 3.63) is 129 Å². The summed E-state index contributed by atoms with van der Waals surface area (Å²) in [5.41, 5.74) is 3.27. The van der Waals surface area contributed by atoms with E-state index in [2.05, 4.69) is 11.8 Å². The smallest absolute Gasteiger partial charge is 0.311 e. The van der Waals surface area contributed by atoms with Crippen molar-refractivity contribution in [2.24, 2.45) is 0 Å². The van der Waals surface area contributed by atoms with Crippen LogP contribution in [0, 0.1) is 10.1 Å². The van der Waals surface area contributed by atoms with Gasteiger partial charge in [-0.2, -0.15) is 0 Å². The van der Waals surface area contributed by atoms with E-state index >= 15 is 0 Å². The maximum Gasteiger partial charge on any atom is 0.311 e. The van der Waals surface area contributed by atoms with E-state index in [1.54, 1.807) is 38.5 Å². The summed E-state index contributed by atoms with van der Waals surface area (Å²) in [6.45, 7) is 2.85. The number of hydrogen-bond acceptors (Lipinski definition) is 7. The minimum absolute atomic E-state index is 0.00109. The quantitative estimate of drug-likeness (QED) is 0.0875. The number of nitro groups is 1. The van der Waals surface area contributed by atoms with Crippen molar-refractivity contribution in [3.63, 3.8) is 0 Å². The van der Waals surface area contributed by atoms with Gasteiger partial charge >= 0.3 is 5.69 Å². The number of aryl methyl sites for hydroxylation is 1. The van der Waals surface area contributed by atoms with E-state index in [0.29, 0.717) is 23.6 Å². The van der Waals surface area contributed by atoms with Gasteiger partial charge in [-0.3, -0.25) is 19.8 Å². The molecule has 4 rings (SSSR count). The third kappa shape index (κ3) is 8.17. The number of ketones is 1. The van der Waals surface area contributed by atoms with Crippen LogP contribution in [0.5, 0.6) is 17.2 Å². The number of nitro benzene ring substituents is 1. The molecular formula is C34H36N2O6. The van der Waals surface area contributed by atoms with Crippen LogP contribution in [0.1, 0.15) is 40.4 Å². The average molecular weight is 569 g/mol. The number of rotatable bonds is 15. The van der Waals surface area contributed by atoms with Gasteiger partial charge in [-0.25, -0.2) is 0 Å². The third-order valence-corrected chi connectivity index (χ3v) is 7.21. The van der Waals surface area contributed by atoms with Gasteiger partial charge in [-0.1, -0.05) is 72.8 Å². The molecule has 1 atom stereocenters. The van der Waals surface area contributed by atoms with Crippen molar-refractivity contribution in [2.75, 3.05) is 20.8 Å². The molecule has 0 saturated carbocycles. The highest BCUT2D eigenvalue weighted by molar-refractivity contribution is 5.97. The Bertz CT molecular complexity index is 1480. The zero-order valence-electron chi connectivity index (χ0n) is 24.2. The normalized spacial score (nSPS) is 11.6. The number of nitrogens with zero attached hydrogens (tertiary/aromatic N) is 2. The summed E-state index contributed by atoms with van der Waals surface area (Å²) in [5.74, 6) is 1.54. The first-order valence-corrected chi connectivity index (χ1v) is 13.8. The molecule has 0 fully saturated rings. The highest BCUT2D eigenvalue weighted by atomic mass is 16.6. The van der Waals surface area contributed by atoms with Crippen molar-refractivity contribution in [1.82, 2.24) is 4.90 Å². The summed E-state index contributed by atoms with van der Waals surface area (Å²) in [6, 6.07) is 29.5. The zero-order valence-corrected chi connectivity index (χ0v) is 24.2. The van der Waals surface area contributed by atoms with Gasteiger partial charge in [-0.15, -0.1) is 0 Å². The first kappa shape index (κ1) is 30.3. The van der Waals surface area contributed by atoms with Crippen LogP contribution >= 0.6 is 0 Å². The molecule has 0 bridgehead atoms. The van der Waals surface area contributed by atoms with Crippen molar-refractivity contribution in [1.29, 1.82) is 0 Å². The van der Waals surface area contributed by atoms with Gasteiger partial charge < -0.3 is 14.2 Å². The van der Waals surface area contributed by atoms with Crippen LogP contribution in [-0.2, 0) is 19.6 Å². The predicted molar refractivity (Wildman–Crippen MR) is 162 cm³/mol. The zero-order chi connectivity index (χ0) is 29.9. The third-order valence-electron chi connectivity index (χ3n) is 7.21. The monoisotopic (exact) mass is 568 g/mol. The molecule has 0 aliphatic heterocycles. The molecule has 0 N–H and O–H groups in total. The number of methoxy groups -OCH3 is 2. The molecule has 0 aliphatic rings. The second-order valence-electron chi connectivity index (χ2n) is 10.1. The molecule has 8 nitrogen and oxygen atoms in total. The van der Waals surface area contributed by atoms with Crippen LogP contribution in [0.25, 0.3) is 0 Å². The molecule has 4 aromatic carbocycles. The molecule has 218 valence electrons. The fourth-order valence-electron chi connectivity index (χ4n) is 4.76. The minimum atomic E-state index is -0.427. The first-order chi connectivity index (χ1) is 20.4. The molecule has 0 aliphatic carbocycles. The van der Waals surface area contributed by atoms with Gasteiger partial charge in [0.1, 0.15) is 6.61 Å². The predicted octanol–water partition coefficient (Wildman–Crippen LogP) is 6.90. The minimum Gasteiger partial charge on any atom is -0.493 e. The summed E-state index contributed by atoms with van der Waals surface area (Å²) in [5, 5.41) is 12.0. The maximum absolute atomic E-state index is 13.2. The van der Waals surface area contributed by atoms with E-state index in [4.69, 9.17) is 14.2 Å². The molecule has 0 spiro atoms. The average Bonchev–Trinajstić information content (AvgIpc) is 3.03. The lowest BCUT2D eigenvalue weighted by atomic mass is 10.0. The lowest BCUT2D eigenvalue weighted by molar-refractivity contribution is -0.386. The van der Waals surface area contributed by atoms with Crippen molar-refractivity contribution < 1.29 is 23.9 Å². The number of carbonyl (C=O) groups excluding carboxylic acids is 1. The highest BCUT2D eigenvalue weighted by Crippen LogP contribution is 2.31. The molecule has 42 heavy (non-hydrogen) atoms. The van der Waals surface area contributed by atoms with Gasteiger partial charge in [-0.05, 0) is 54.7 Å². The summed E-state index contributed by atoms with van der Waals surface area (Å²) in [4.78, 5) is 26.8. The molecule has 0 saturated heterocycles. The van der Waals surface area contributed by atoms with E-state index < -0.39 is 4.92 Å². The van der Waals surface area contributed by atoms with Crippen molar-refractivity contribution in [2.45, 2.75) is 39.0 Å². The van der Waals surface area contributed by atoms with Gasteiger partial charge in [0.25, 0.3) is 0 Å². The Morgan fingerprint density at radius 2 is 1.45 bits per heavy atom. The fraction of sp³-hybridized carbons (Fsp3) is 0.265. The highest BCUT2D eigenvalue weighted by Gasteiger charge is 2.22. The van der Waals surface area contributed by atoms with Crippen LogP contribution in [0.15, 0.2) is 97.1 Å². The number of benzene rings is 4.